The van der Waals surface area contributed by atoms with Crippen molar-refractivity contribution in [2.45, 2.75) is 64.3 Å². The van der Waals surface area contributed by atoms with Crippen LogP contribution in [0.4, 0.5) is 5.82 Å². The van der Waals surface area contributed by atoms with Gasteiger partial charge in [0, 0.05) is 43.9 Å². The molecule has 0 radical (unpaired) electrons. The molecule has 1 aromatic heterocycles. The molecule has 1 aromatic rings. The van der Waals surface area contributed by atoms with Gasteiger partial charge in [-0.25, -0.2) is 4.98 Å². The van der Waals surface area contributed by atoms with Crippen molar-refractivity contribution in [1.29, 1.82) is 0 Å². The molecule has 3 fully saturated rings. The maximum Gasteiger partial charge on any atom is 0.128 e. The van der Waals surface area contributed by atoms with Gasteiger partial charge in [0.2, 0.25) is 0 Å². The third-order valence-corrected chi connectivity index (χ3v) is 6.36. The van der Waals surface area contributed by atoms with Crippen molar-refractivity contribution in [3.05, 3.63) is 23.9 Å². The van der Waals surface area contributed by atoms with Crippen molar-refractivity contribution >= 4 is 5.82 Å². The number of rotatable bonds is 6. The van der Waals surface area contributed by atoms with E-state index in [2.05, 4.69) is 41.2 Å². The molecular weight excluding hydrogens is 314 g/mol. The Hall–Kier alpha value is -1.17. The molecule has 1 N–H and O–H groups in total. The van der Waals surface area contributed by atoms with E-state index in [1.165, 1.54) is 24.8 Å². The van der Waals surface area contributed by atoms with Gasteiger partial charge >= 0.3 is 0 Å². The van der Waals surface area contributed by atoms with Crippen LogP contribution in [0.2, 0.25) is 0 Å². The van der Waals surface area contributed by atoms with Crippen LogP contribution in [-0.4, -0.2) is 49.5 Å². The summed E-state index contributed by atoms with van der Waals surface area (Å²) in [7, 11) is 0. The van der Waals surface area contributed by atoms with Gasteiger partial charge in [-0.1, -0.05) is 12.5 Å². The second-order valence-electron chi connectivity index (χ2n) is 7.85. The molecule has 1 aliphatic heterocycles. The van der Waals surface area contributed by atoms with Gasteiger partial charge in [0.05, 0.1) is 18.8 Å². The third kappa shape index (κ3) is 3.29. The van der Waals surface area contributed by atoms with Crippen molar-refractivity contribution < 1.29 is 9.47 Å². The second-order valence-corrected chi connectivity index (χ2v) is 7.85. The van der Waals surface area contributed by atoms with E-state index in [9.17, 15) is 0 Å². The predicted octanol–water partition coefficient (Wildman–Crippen LogP) is 2.74. The van der Waals surface area contributed by atoms with Crippen molar-refractivity contribution in [2.24, 2.45) is 5.41 Å². The molecule has 2 aliphatic carbocycles. The Morgan fingerprint density at radius 2 is 2.28 bits per heavy atom. The fourth-order valence-corrected chi connectivity index (χ4v) is 4.70. The van der Waals surface area contributed by atoms with E-state index in [4.69, 9.17) is 9.47 Å². The molecule has 2 heterocycles. The highest BCUT2D eigenvalue weighted by Crippen LogP contribution is 2.57. The first-order chi connectivity index (χ1) is 12.2. The summed E-state index contributed by atoms with van der Waals surface area (Å²) >= 11 is 0. The van der Waals surface area contributed by atoms with Crippen LogP contribution in [0.3, 0.4) is 0 Å². The van der Waals surface area contributed by atoms with E-state index in [-0.39, 0.29) is 6.10 Å². The molecule has 0 aromatic carbocycles. The highest BCUT2D eigenvalue weighted by Gasteiger charge is 2.58. The first-order valence-electron chi connectivity index (χ1n) is 9.88. The first-order valence-corrected chi connectivity index (χ1v) is 9.88. The van der Waals surface area contributed by atoms with E-state index in [0.717, 1.165) is 45.1 Å². The molecule has 0 amide bonds. The second kappa shape index (κ2) is 7.22. The number of morpholine rings is 1. The fourth-order valence-electron chi connectivity index (χ4n) is 4.70. The molecule has 0 unspecified atom stereocenters. The van der Waals surface area contributed by atoms with Crippen LogP contribution in [-0.2, 0) is 16.0 Å². The summed E-state index contributed by atoms with van der Waals surface area (Å²) in [6, 6.07) is 4.97. The number of pyridine rings is 1. The Bertz CT molecular complexity index is 573. The van der Waals surface area contributed by atoms with Gasteiger partial charge < -0.3 is 19.7 Å². The van der Waals surface area contributed by atoms with Crippen molar-refractivity contribution in [3.63, 3.8) is 0 Å². The lowest BCUT2D eigenvalue weighted by Crippen LogP contribution is -2.66. The van der Waals surface area contributed by atoms with Gasteiger partial charge in [-0.15, -0.1) is 0 Å². The van der Waals surface area contributed by atoms with Crippen molar-refractivity contribution in [1.82, 2.24) is 10.3 Å². The number of ether oxygens (including phenoxy) is 2. The number of aromatic nitrogens is 1. The molecule has 1 spiro atoms. The van der Waals surface area contributed by atoms with E-state index < -0.39 is 0 Å². The standard InChI is InChI=1S/C20H31N3O2/c1-3-24-18-11-17(20(18)7-4-8-20)21-12-16-5-6-19(22-13-16)23-9-10-25-15(2)14-23/h5-6,13,15,17-18,21H,3-4,7-12,14H2,1-2H3/t15-,17+,18-/m1/s1. The average Bonchev–Trinajstić information content (AvgIpc) is 2.56. The SMILES string of the molecule is CCO[C@@H]1C[C@H](NCc2ccc(N3CCO[C@H](C)C3)nc2)C12CCC2. The van der Waals surface area contributed by atoms with Gasteiger partial charge in [0.1, 0.15) is 5.82 Å². The summed E-state index contributed by atoms with van der Waals surface area (Å²) < 4.78 is 11.6. The van der Waals surface area contributed by atoms with Gasteiger partial charge in [-0.05, 0) is 44.7 Å². The van der Waals surface area contributed by atoms with E-state index in [1.807, 2.05) is 6.20 Å². The van der Waals surface area contributed by atoms with Crippen LogP contribution in [0.5, 0.6) is 0 Å². The lowest BCUT2D eigenvalue weighted by atomic mass is 9.51. The number of hydrogen-bond donors (Lipinski definition) is 1. The van der Waals surface area contributed by atoms with E-state index in [1.54, 1.807) is 0 Å². The maximum atomic E-state index is 5.94. The Morgan fingerprint density at radius 3 is 2.92 bits per heavy atom. The fraction of sp³-hybridized carbons (Fsp3) is 0.750. The lowest BCUT2D eigenvalue weighted by molar-refractivity contribution is -0.173. The molecule has 25 heavy (non-hydrogen) atoms. The molecule has 0 bridgehead atoms. The van der Waals surface area contributed by atoms with Crippen molar-refractivity contribution in [3.8, 4) is 0 Å². The highest BCUT2D eigenvalue weighted by molar-refractivity contribution is 5.40. The molecule has 138 valence electrons. The Morgan fingerprint density at radius 1 is 1.40 bits per heavy atom. The summed E-state index contributed by atoms with van der Waals surface area (Å²) in [5.41, 5.74) is 1.69. The van der Waals surface area contributed by atoms with Crippen LogP contribution < -0.4 is 10.2 Å². The zero-order valence-electron chi connectivity index (χ0n) is 15.5. The molecule has 3 aliphatic rings. The maximum absolute atomic E-state index is 5.94. The normalized spacial score (nSPS) is 30.8. The number of anilines is 1. The Kier molecular flexibility index (Phi) is 4.98. The minimum absolute atomic E-state index is 0.285. The van der Waals surface area contributed by atoms with E-state index >= 15 is 0 Å². The zero-order chi connectivity index (χ0) is 17.3. The van der Waals surface area contributed by atoms with Crippen LogP contribution >= 0.6 is 0 Å². The van der Waals surface area contributed by atoms with Crippen LogP contribution in [0, 0.1) is 5.41 Å². The molecule has 3 atom stereocenters. The molecule has 2 saturated carbocycles. The van der Waals surface area contributed by atoms with Gasteiger partial charge in [-0.3, -0.25) is 0 Å². The van der Waals surface area contributed by atoms with E-state index in [0.29, 0.717) is 17.6 Å². The topological polar surface area (TPSA) is 46.6 Å². The Balaban J connectivity index is 1.30. The summed E-state index contributed by atoms with van der Waals surface area (Å²) in [5.74, 6) is 1.06. The smallest absolute Gasteiger partial charge is 0.128 e. The number of nitrogens with zero attached hydrogens (tertiary/aromatic N) is 2. The average molecular weight is 345 g/mol. The Labute approximate surface area is 151 Å². The van der Waals surface area contributed by atoms with Crippen LogP contribution in [0.25, 0.3) is 0 Å². The predicted molar refractivity (Wildman–Crippen MR) is 98.8 cm³/mol. The zero-order valence-corrected chi connectivity index (χ0v) is 15.5. The molecule has 5 nitrogen and oxygen atoms in total. The molecule has 1 saturated heterocycles. The van der Waals surface area contributed by atoms with Gasteiger partial charge in [-0.2, -0.15) is 0 Å². The molecule has 5 heteroatoms. The quantitative estimate of drug-likeness (QED) is 0.859. The first kappa shape index (κ1) is 17.3. The minimum atomic E-state index is 0.285. The summed E-state index contributed by atoms with van der Waals surface area (Å²) in [5, 5.41) is 3.77. The monoisotopic (exact) mass is 345 g/mol. The molecular formula is C20H31N3O2. The van der Waals surface area contributed by atoms with Crippen LogP contribution in [0.15, 0.2) is 18.3 Å². The van der Waals surface area contributed by atoms with Gasteiger partial charge in [0.15, 0.2) is 0 Å². The minimum Gasteiger partial charge on any atom is -0.378 e. The summed E-state index contributed by atoms with van der Waals surface area (Å²) in [6.07, 6.45) is 7.94. The summed E-state index contributed by atoms with van der Waals surface area (Å²) in [4.78, 5) is 6.99. The van der Waals surface area contributed by atoms with Crippen molar-refractivity contribution in [2.75, 3.05) is 31.2 Å². The largest absolute Gasteiger partial charge is 0.378 e. The highest BCUT2D eigenvalue weighted by atomic mass is 16.5. The van der Waals surface area contributed by atoms with Crippen LogP contribution in [0.1, 0.15) is 45.1 Å². The lowest BCUT2D eigenvalue weighted by Gasteiger charge is -2.61. The summed E-state index contributed by atoms with van der Waals surface area (Å²) in [6.45, 7) is 8.61. The third-order valence-electron chi connectivity index (χ3n) is 6.36. The number of nitrogens with one attached hydrogen (secondary N) is 1. The molecule has 4 rings (SSSR count). The van der Waals surface area contributed by atoms with Gasteiger partial charge in [0.25, 0.3) is 0 Å². The number of hydrogen-bond acceptors (Lipinski definition) is 5.